The molecule has 2 aliphatic rings. The fourth-order valence-corrected chi connectivity index (χ4v) is 4.33. The summed E-state index contributed by atoms with van der Waals surface area (Å²) in [4.78, 5) is 13.1. The number of para-hydroxylation sites is 2. The van der Waals surface area contributed by atoms with Gasteiger partial charge in [-0.15, -0.1) is 0 Å². The van der Waals surface area contributed by atoms with Gasteiger partial charge in [-0.3, -0.25) is 4.79 Å². The third kappa shape index (κ3) is 3.15. The summed E-state index contributed by atoms with van der Waals surface area (Å²) in [6, 6.07) is 20.0. The number of amides is 1. The average Bonchev–Trinajstić information content (AvgIpc) is 3.11. The molecule has 3 aromatic rings. The summed E-state index contributed by atoms with van der Waals surface area (Å²) in [5, 5.41) is 3.14. The summed E-state index contributed by atoms with van der Waals surface area (Å²) in [7, 11) is 0. The van der Waals surface area contributed by atoms with Crippen molar-refractivity contribution < 1.29 is 14.3 Å². The first-order chi connectivity index (χ1) is 14.1. The van der Waals surface area contributed by atoms with Crippen LogP contribution in [0.5, 0.6) is 17.2 Å². The first-order valence-corrected chi connectivity index (χ1v) is 10.0. The standard InChI is InChI=1S/C25H23NO3/c1-15-11-12-17-13-16(2)28-25(17)24(15)26-23(27)14-20-18-7-3-5-9-21(18)29-22-10-6-4-8-19(20)22/h3-12,16,20H,13-14H2,1-2H3,(H,26,27). The van der Waals surface area contributed by atoms with Gasteiger partial charge >= 0.3 is 0 Å². The van der Waals surface area contributed by atoms with E-state index in [4.69, 9.17) is 9.47 Å². The van der Waals surface area contributed by atoms with Crippen LogP contribution in [0.3, 0.4) is 0 Å². The highest BCUT2D eigenvalue weighted by molar-refractivity contribution is 5.94. The van der Waals surface area contributed by atoms with Crippen molar-refractivity contribution in [3.63, 3.8) is 0 Å². The minimum Gasteiger partial charge on any atom is -0.488 e. The number of carbonyl (C=O) groups is 1. The molecule has 0 aromatic heterocycles. The van der Waals surface area contributed by atoms with E-state index in [9.17, 15) is 4.79 Å². The Hall–Kier alpha value is -3.27. The van der Waals surface area contributed by atoms with Crippen LogP contribution in [0.25, 0.3) is 0 Å². The Bertz CT molecular complexity index is 1060. The van der Waals surface area contributed by atoms with Crippen LogP contribution in [0, 0.1) is 6.92 Å². The van der Waals surface area contributed by atoms with E-state index in [0.29, 0.717) is 6.42 Å². The third-order valence-electron chi connectivity index (χ3n) is 5.74. The van der Waals surface area contributed by atoms with E-state index < -0.39 is 0 Å². The molecule has 0 bridgehead atoms. The van der Waals surface area contributed by atoms with Gasteiger partial charge < -0.3 is 14.8 Å². The molecule has 0 radical (unpaired) electrons. The molecule has 2 aliphatic heterocycles. The zero-order chi connectivity index (χ0) is 20.0. The maximum atomic E-state index is 13.1. The number of hydrogen-bond donors (Lipinski definition) is 1. The fraction of sp³-hybridized carbons (Fsp3) is 0.240. The van der Waals surface area contributed by atoms with Gasteiger partial charge in [-0.25, -0.2) is 0 Å². The number of fused-ring (bicyclic) bond motifs is 3. The lowest BCUT2D eigenvalue weighted by Crippen LogP contribution is -2.20. The van der Waals surface area contributed by atoms with Crippen LogP contribution in [-0.2, 0) is 11.2 Å². The zero-order valence-electron chi connectivity index (χ0n) is 16.6. The summed E-state index contributed by atoms with van der Waals surface area (Å²) in [5.41, 5.74) is 5.05. The second-order valence-electron chi connectivity index (χ2n) is 7.86. The summed E-state index contributed by atoms with van der Waals surface area (Å²) >= 11 is 0. The van der Waals surface area contributed by atoms with Crippen molar-refractivity contribution in [2.45, 2.75) is 38.7 Å². The number of nitrogens with one attached hydrogen (secondary N) is 1. The lowest BCUT2D eigenvalue weighted by Gasteiger charge is -2.28. The first-order valence-electron chi connectivity index (χ1n) is 10.0. The smallest absolute Gasteiger partial charge is 0.225 e. The molecule has 146 valence electrons. The average molecular weight is 385 g/mol. The molecule has 1 amide bonds. The number of hydrogen-bond acceptors (Lipinski definition) is 3. The molecule has 0 saturated carbocycles. The maximum absolute atomic E-state index is 13.1. The van der Waals surface area contributed by atoms with E-state index in [-0.39, 0.29) is 17.9 Å². The molecule has 0 aliphatic carbocycles. The zero-order valence-corrected chi connectivity index (χ0v) is 16.6. The summed E-state index contributed by atoms with van der Waals surface area (Å²) < 4.78 is 12.0. The second-order valence-corrected chi connectivity index (χ2v) is 7.86. The fourth-order valence-electron chi connectivity index (χ4n) is 4.33. The predicted octanol–water partition coefficient (Wildman–Crippen LogP) is 5.58. The van der Waals surface area contributed by atoms with Crippen LogP contribution < -0.4 is 14.8 Å². The van der Waals surface area contributed by atoms with Gasteiger partial charge in [0.2, 0.25) is 5.91 Å². The molecule has 5 rings (SSSR count). The van der Waals surface area contributed by atoms with Crippen molar-refractivity contribution >= 4 is 11.6 Å². The minimum atomic E-state index is -0.0481. The van der Waals surface area contributed by atoms with Crippen molar-refractivity contribution in [1.82, 2.24) is 0 Å². The van der Waals surface area contributed by atoms with Crippen molar-refractivity contribution in [3.05, 3.63) is 82.9 Å². The molecule has 1 atom stereocenters. The van der Waals surface area contributed by atoms with E-state index in [1.165, 1.54) is 0 Å². The summed E-state index contributed by atoms with van der Waals surface area (Å²) in [5.74, 6) is 2.38. The number of rotatable bonds is 3. The molecule has 4 nitrogen and oxygen atoms in total. The van der Waals surface area contributed by atoms with Crippen molar-refractivity contribution in [2.75, 3.05) is 5.32 Å². The molecule has 0 spiro atoms. The quantitative estimate of drug-likeness (QED) is 0.640. The van der Waals surface area contributed by atoms with Gasteiger partial charge in [0.15, 0.2) is 0 Å². The SMILES string of the molecule is Cc1ccc2c(c1NC(=O)CC1c3ccccc3Oc3ccccc31)OC(C)C2. The molecule has 2 heterocycles. The van der Waals surface area contributed by atoms with Crippen LogP contribution in [-0.4, -0.2) is 12.0 Å². The number of carbonyl (C=O) groups excluding carboxylic acids is 1. The van der Waals surface area contributed by atoms with E-state index in [0.717, 1.165) is 51.6 Å². The Morgan fingerprint density at radius 1 is 1.00 bits per heavy atom. The van der Waals surface area contributed by atoms with Crippen molar-refractivity contribution in [2.24, 2.45) is 0 Å². The molecule has 29 heavy (non-hydrogen) atoms. The van der Waals surface area contributed by atoms with Crippen molar-refractivity contribution in [1.29, 1.82) is 0 Å². The topological polar surface area (TPSA) is 47.6 Å². The number of anilines is 1. The van der Waals surface area contributed by atoms with Gasteiger partial charge in [-0.05, 0) is 37.1 Å². The molecule has 0 saturated heterocycles. The van der Waals surface area contributed by atoms with Crippen LogP contribution in [0.4, 0.5) is 5.69 Å². The van der Waals surface area contributed by atoms with Crippen LogP contribution in [0.15, 0.2) is 60.7 Å². The molecule has 0 fully saturated rings. The minimum absolute atomic E-state index is 0.0267. The molecule has 1 N–H and O–H groups in total. The van der Waals surface area contributed by atoms with E-state index in [2.05, 4.69) is 24.4 Å². The van der Waals surface area contributed by atoms with Crippen LogP contribution in [0.2, 0.25) is 0 Å². The number of ether oxygens (including phenoxy) is 2. The van der Waals surface area contributed by atoms with Gasteiger partial charge in [0, 0.05) is 29.9 Å². The summed E-state index contributed by atoms with van der Waals surface area (Å²) in [6.07, 6.45) is 1.35. The Kier molecular flexibility index (Phi) is 4.27. The molecule has 1 unspecified atom stereocenters. The normalized spacial score (nSPS) is 16.8. The Labute approximate surface area is 170 Å². The molecular weight excluding hydrogens is 362 g/mol. The second kappa shape index (κ2) is 6.96. The Morgan fingerprint density at radius 2 is 1.66 bits per heavy atom. The van der Waals surface area contributed by atoms with Gasteiger partial charge in [0.1, 0.15) is 23.4 Å². The highest BCUT2D eigenvalue weighted by Gasteiger charge is 2.30. The van der Waals surface area contributed by atoms with Crippen LogP contribution in [0.1, 0.15) is 41.5 Å². The molecule has 3 aromatic carbocycles. The van der Waals surface area contributed by atoms with Crippen LogP contribution >= 0.6 is 0 Å². The van der Waals surface area contributed by atoms with Gasteiger partial charge in [-0.1, -0.05) is 48.5 Å². The first kappa shape index (κ1) is 17.8. The third-order valence-corrected chi connectivity index (χ3v) is 5.74. The lowest BCUT2D eigenvalue weighted by molar-refractivity contribution is -0.116. The maximum Gasteiger partial charge on any atom is 0.225 e. The number of benzene rings is 3. The highest BCUT2D eigenvalue weighted by Crippen LogP contribution is 2.46. The predicted molar refractivity (Wildman–Crippen MR) is 113 cm³/mol. The summed E-state index contributed by atoms with van der Waals surface area (Å²) in [6.45, 7) is 4.05. The molecular formula is C25H23NO3. The molecule has 4 heteroatoms. The largest absolute Gasteiger partial charge is 0.488 e. The van der Waals surface area contributed by atoms with Crippen molar-refractivity contribution in [3.8, 4) is 17.2 Å². The lowest BCUT2D eigenvalue weighted by atomic mass is 9.85. The van der Waals surface area contributed by atoms with E-state index in [1.807, 2.05) is 55.5 Å². The van der Waals surface area contributed by atoms with Gasteiger partial charge in [-0.2, -0.15) is 0 Å². The Balaban J connectivity index is 1.45. The highest BCUT2D eigenvalue weighted by atomic mass is 16.5. The van der Waals surface area contributed by atoms with Gasteiger partial charge in [0.25, 0.3) is 0 Å². The number of aryl methyl sites for hydroxylation is 1. The monoisotopic (exact) mass is 385 g/mol. The van der Waals surface area contributed by atoms with E-state index >= 15 is 0 Å². The van der Waals surface area contributed by atoms with E-state index in [1.54, 1.807) is 0 Å². The Morgan fingerprint density at radius 3 is 2.34 bits per heavy atom. The van der Waals surface area contributed by atoms with Gasteiger partial charge in [0.05, 0.1) is 5.69 Å².